The molecule has 98 valence electrons. The maximum Gasteiger partial charge on any atom is 0.253 e. The number of hydrogen-bond acceptors (Lipinski definition) is 1. The molecular formula is C13H14BrCl2NO. The van der Waals surface area contributed by atoms with Crippen LogP contribution in [-0.2, 0) is 0 Å². The Morgan fingerprint density at radius 1 is 1.50 bits per heavy atom. The Labute approximate surface area is 125 Å². The van der Waals surface area contributed by atoms with Crippen molar-refractivity contribution in [3.8, 4) is 0 Å². The average molecular weight is 351 g/mol. The molecule has 2 rings (SSSR count). The van der Waals surface area contributed by atoms with E-state index < -0.39 is 0 Å². The van der Waals surface area contributed by atoms with E-state index in [1.165, 1.54) is 0 Å². The molecule has 1 saturated heterocycles. The molecular weight excluding hydrogens is 337 g/mol. The number of likely N-dealkylation sites (tertiary alicyclic amines) is 1. The molecule has 1 aliphatic rings. The minimum atomic E-state index is 0.0409. The van der Waals surface area contributed by atoms with Crippen LogP contribution in [-0.4, -0.2) is 29.8 Å². The van der Waals surface area contributed by atoms with Crippen molar-refractivity contribution in [2.75, 3.05) is 19.0 Å². The largest absolute Gasteiger partial charge is 0.338 e. The minimum Gasteiger partial charge on any atom is -0.338 e. The van der Waals surface area contributed by atoms with Gasteiger partial charge in [-0.25, -0.2) is 0 Å². The zero-order chi connectivity index (χ0) is 13.1. The highest BCUT2D eigenvalue weighted by molar-refractivity contribution is 9.10. The van der Waals surface area contributed by atoms with Crippen molar-refractivity contribution in [3.63, 3.8) is 0 Å². The van der Waals surface area contributed by atoms with Gasteiger partial charge in [0, 0.05) is 29.0 Å². The van der Waals surface area contributed by atoms with E-state index in [4.69, 9.17) is 23.2 Å². The van der Waals surface area contributed by atoms with Crippen LogP contribution in [0.15, 0.2) is 22.7 Å². The topological polar surface area (TPSA) is 20.3 Å². The van der Waals surface area contributed by atoms with Gasteiger partial charge >= 0.3 is 0 Å². The molecule has 18 heavy (non-hydrogen) atoms. The van der Waals surface area contributed by atoms with Crippen LogP contribution in [0.4, 0.5) is 0 Å². The van der Waals surface area contributed by atoms with Crippen molar-refractivity contribution in [2.24, 2.45) is 5.92 Å². The van der Waals surface area contributed by atoms with Crippen molar-refractivity contribution < 1.29 is 4.79 Å². The molecule has 1 unspecified atom stereocenters. The van der Waals surface area contributed by atoms with Crippen LogP contribution in [0.1, 0.15) is 23.2 Å². The van der Waals surface area contributed by atoms with E-state index in [-0.39, 0.29) is 5.91 Å². The molecule has 1 atom stereocenters. The van der Waals surface area contributed by atoms with E-state index in [1.807, 2.05) is 4.90 Å². The first kappa shape index (κ1) is 14.2. The Bertz CT molecular complexity index is 453. The molecule has 1 fully saturated rings. The summed E-state index contributed by atoms with van der Waals surface area (Å²) in [6, 6.07) is 5.30. The van der Waals surface area contributed by atoms with E-state index >= 15 is 0 Å². The number of piperidine rings is 1. The number of nitrogens with zero attached hydrogens (tertiary/aromatic N) is 1. The van der Waals surface area contributed by atoms with Gasteiger partial charge in [-0.3, -0.25) is 4.79 Å². The van der Waals surface area contributed by atoms with Crippen molar-refractivity contribution in [1.82, 2.24) is 4.90 Å². The molecule has 1 amide bonds. The summed E-state index contributed by atoms with van der Waals surface area (Å²) in [6.07, 6.45) is 2.13. The molecule has 1 aromatic carbocycles. The minimum absolute atomic E-state index is 0.0409. The number of hydrogen-bond donors (Lipinski definition) is 0. The lowest BCUT2D eigenvalue weighted by molar-refractivity contribution is 0.0685. The summed E-state index contributed by atoms with van der Waals surface area (Å²) in [7, 11) is 0. The van der Waals surface area contributed by atoms with Crippen LogP contribution in [0, 0.1) is 5.92 Å². The van der Waals surface area contributed by atoms with Gasteiger partial charge in [0.15, 0.2) is 0 Å². The van der Waals surface area contributed by atoms with Gasteiger partial charge < -0.3 is 4.90 Å². The predicted molar refractivity (Wildman–Crippen MR) is 78.5 cm³/mol. The lowest BCUT2D eigenvalue weighted by Gasteiger charge is -2.32. The monoisotopic (exact) mass is 349 g/mol. The number of alkyl halides is 1. The molecule has 0 aliphatic carbocycles. The molecule has 0 aromatic heterocycles. The van der Waals surface area contributed by atoms with Crippen molar-refractivity contribution in [1.29, 1.82) is 0 Å². The molecule has 5 heteroatoms. The second-order valence-electron chi connectivity index (χ2n) is 4.54. The van der Waals surface area contributed by atoms with Gasteiger partial charge in [0.25, 0.3) is 5.91 Å². The van der Waals surface area contributed by atoms with Crippen LogP contribution in [0.2, 0.25) is 5.02 Å². The second-order valence-corrected chi connectivity index (χ2v) is 6.11. The summed E-state index contributed by atoms with van der Waals surface area (Å²) in [6.45, 7) is 1.55. The molecule has 0 spiro atoms. The molecule has 1 heterocycles. The maximum atomic E-state index is 12.3. The summed E-state index contributed by atoms with van der Waals surface area (Å²) in [5, 5.41) is 0.562. The highest BCUT2D eigenvalue weighted by Crippen LogP contribution is 2.25. The third-order valence-corrected chi connectivity index (χ3v) is 4.86. The van der Waals surface area contributed by atoms with Crippen LogP contribution in [0.3, 0.4) is 0 Å². The first-order chi connectivity index (χ1) is 8.61. The Hall–Kier alpha value is -0.250. The fraction of sp³-hybridized carbons (Fsp3) is 0.462. The standard InChI is InChI=1S/C13H14BrCl2NO/c14-11-4-3-10(6-12(11)16)13(18)17-5-1-2-9(7-15)8-17/h3-4,6,9H,1-2,5,7-8H2. The SMILES string of the molecule is O=C(c1ccc(Br)c(Cl)c1)N1CCCC(CCl)C1. The number of amides is 1. The second kappa shape index (κ2) is 6.27. The fourth-order valence-corrected chi connectivity index (χ4v) is 2.87. The normalized spacial score (nSPS) is 19.9. The smallest absolute Gasteiger partial charge is 0.253 e. The molecule has 1 aromatic rings. The van der Waals surface area contributed by atoms with Crippen LogP contribution >= 0.6 is 39.1 Å². The highest BCUT2D eigenvalue weighted by atomic mass is 79.9. The Morgan fingerprint density at radius 2 is 2.28 bits per heavy atom. The quantitative estimate of drug-likeness (QED) is 0.732. The van der Waals surface area contributed by atoms with Crippen molar-refractivity contribution >= 4 is 45.0 Å². The number of benzene rings is 1. The Morgan fingerprint density at radius 3 is 2.94 bits per heavy atom. The number of halogens is 3. The third kappa shape index (κ3) is 3.19. The zero-order valence-electron chi connectivity index (χ0n) is 9.83. The molecule has 2 nitrogen and oxygen atoms in total. The van der Waals surface area contributed by atoms with E-state index in [0.717, 1.165) is 30.4 Å². The predicted octanol–water partition coefficient (Wildman–Crippen LogP) is 4.19. The van der Waals surface area contributed by atoms with Gasteiger partial charge in [0.2, 0.25) is 0 Å². The maximum absolute atomic E-state index is 12.3. The molecule has 0 radical (unpaired) electrons. The van der Waals surface area contributed by atoms with E-state index in [9.17, 15) is 4.79 Å². The van der Waals surface area contributed by atoms with Crippen LogP contribution < -0.4 is 0 Å². The summed E-state index contributed by atoms with van der Waals surface area (Å²) in [4.78, 5) is 14.2. The van der Waals surface area contributed by atoms with Gasteiger partial charge in [-0.05, 0) is 52.9 Å². The highest BCUT2D eigenvalue weighted by Gasteiger charge is 2.24. The molecule has 0 saturated carbocycles. The van der Waals surface area contributed by atoms with Crippen molar-refractivity contribution in [2.45, 2.75) is 12.8 Å². The number of rotatable bonds is 2. The zero-order valence-corrected chi connectivity index (χ0v) is 12.9. The van der Waals surface area contributed by atoms with Crippen LogP contribution in [0.25, 0.3) is 0 Å². The first-order valence-electron chi connectivity index (χ1n) is 5.92. The molecule has 0 N–H and O–H groups in total. The first-order valence-corrected chi connectivity index (χ1v) is 7.62. The summed E-state index contributed by atoms with van der Waals surface area (Å²) in [5.41, 5.74) is 0.637. The van der Waals surface area contributed by atoms with Crippen LogP contribution in [0.5, 0.6) is 0 Å². The molecule has 0 bridgehead atoms. The Kier molecular flexibility index (Phi) is 4.93. The lowest BCUT2D eigenvalue weighted by Crippen LogP contribution is -2.40. The van der Waals surface area contributed by atoms with Gasteiger partial charge in [-0.15, -0.1) is 11.6 Å². The van der Waals surface area contributed by atoms with E-state index in [2.05, 4.69) is 15.9 Å². The van der Waals surface area contributed by atoms with Gasteiger partial charge in [0.1, 0.15) is 0 Å². The van der Waals surface area contributed by atoms with Gasteiger partial charge in [0.05, 0.1) is 5.02 Å². The average Bonchev–Trinajstić information content (AvgIpc) is 2.41. The summed E-state index contributed by atoms with van der Waals surface area (Å²) in [5.74, 6) is 1.07. The Balaban J connectivity index is 2.12. The molecule has 1 aliphatic heterocycles. The summed E-state index contributed by atoms with van der Waals surface area (Å²) < 4.78 is 0.804. The summed E-state index contributed by atoms with van der Waals surface area (Å²) >= 11 is 15.2. The van der Waals surface area contributed by atoms with E-state index in [0.29, 0.717) is 22.4 Å². The van der Waals surface area contributed by atoms with E-state index in [1.54, 1.807) is 18.2 Å². The third-order valence-electron chi connectivity index (χ3n) is 3.19. The van der Waals surface area contributed by atoms with Crippen molar-refractivity contribution in [3.05, 3.63) is 33.3 Å². The van der Waals surface area contributed by atoms with Gasteiger partial charge in [-0.1, -0.05) is 11.6 Å². The van der Waals surface area contributed by atoms with Gasteiger partial charge in [-0.2, -0.15) is 0 Å². The fourth-order valence-electron chi connectivity index (χ4n) is 2.19. The lowest BCUT2D eigenvalue weighted by atomic mass is 9.99. The number of carbonyl (C=O) groups is 1. The number of carbonyl (C=O) groups excluding carboxylic acids is 1.